The zero-order valence-electron chi connectivity index (χ0n) is 10.3. The number of nitrogens with one attached hydrogen (secondary N) is 2. The molecule has 0 atom stereocenters. The van der Waals surface area contributed by atoms with Gasteiger partial charge in [-0.15, -0.1) is 0 Å². The van der Waals surface area contributed by atoms with Gasteiger partial charge in [0, 0.05) is 19.8 Å². The Morgan fingerprint density at radius 2 is 2.35 bits per heavy atom. The van der Waals surface area contributed by atoms with Gasteiger partial charge in [0.25, 0.3) is 0 Å². The van der Waals surface area contributed by atoms with Gasteiger partial charge in [0.15, 0.2) is 0 Å². The summed E-state index contributed by atoms with van der Waals surface area (Å²) in [6, 6.07) is 3.97. The Hall–Kier alpha value is -1.07. The van der Waals surface area contributed by atoms with E-state index < -0.39 is 0 Å². The minimum atomic E-state index is 0.0214. The van der Waals surface area contributed by atoms with Gasteiger partial charge < -0.3 is 10.6 Å². The first kappa shape index (κ1) is 14.0. The lowest BCUT2D eigenvalue weighted by atomic mass is 10.3. The van der Waals surface area contributed by atoms with Gasteiger partial charge >= 0.3 is 0 Å². The van der Waals surface area contributed by atoms with Gasteiger partial charge in [-0.25, -0.2) is 4.98 Å². The number of carbonyl (C=O) groups is 1. The quantitative estimate of drug-likeness (QED) is 0.570. The van der Waals surface area contributed by atoms with E-state index >= 15 is 0 Å². The first-order chi connectivity index (χ1) is 8.27. The first-order valence-corrected chi connectivity index (χ1v) is 6.74. The number of nitrogens with zero attached hydrogens (tertiary/aromatic N) is 1. The molecule has 0 aliphatic heterocycles. The Morgan fingerprint density at radius 3 is 3.06 bits per heavy atom. The molecule has 1 rings (SSSR count). The van der Waals surface area contributed by atoms with E-state index in [0.717, 1.165) is 30.1 Å². The molecule has 5 heteroatoms. The van der Waals surface area contributed by atoms with Crippen molar-refractivity contribution in [2.24, 2.45) is 0 Å². The van der Waals surface area contributed by atoms with Crippen LogP contribution in [0.5, 0.6) is 0 Å². The topological polar surface area (TPSA) is 54.0 Å². The maximum absolute atomic E-state index is 11.2. The zero-order valence-corrected chi connectivity index (χ0v) is 11.1. The van der Waals surface area contributed by atoms with E-state index in [2.05, 4.69) is 22.5 Å². The molecular weight excluding hydrogens is 234 g/mol. The maximum Gasteiger partial charge on any atom is 0.230 e. The summed E-state index contributed by atoms with van der Waals surface area (Å²) in [7, 11) is 1.64. The lowest BCUT2D eigenvalue weighted by Gasteiger charge is -2.08. The Kier molecular flexibility index (Phi) is 6.65. The fourth-order valence-corrected chi connectivity index (χ4v) is 2.17. The molecule has 0 bridgehead atoms. The lowest BCUT2D eigenvalue weighted by Crippen LogP contribution is -2.20. The second-order valence-corrected chi connectivity index (χ2v) is 4.57. The van der Waals surface area contributed by atoms with Gasteiger partial charge in [-0.2, -0.15) is 0 Å². The van der Waals surface area contributed by atoms with Crippen LogP contribution in [-0.2, 0) is 11.3 Å². The van der Waals surface area contributed by atoms with Gasteiger partial charge in [0.05, 0.1) is 5.75 Å². The Morgan fingerprint density at radius 1 is 1.53 bits per heavy atom. The molecule has 0 aliphatic carbocycles. The fourth-order valence-electron chi connectivity index (χ4n) is 1.29. The number of amides is 1. The maximum atomic E-state index is 11.2. The Balaban J connectivity index is 2.54. The molecule has 0 aromatic carbocycles. The molecule has 17 heavy (non-hydrogen) atoms. The number of hydrogen-bond donors (Lipinski definition) is 2. The van der Waals surface area contributed by atoms with Crippen LogP contribution in [0.2, 0.25) is 0 Å². The van der Waals surface area contributed by atoms with Crippen LogP contribution >= 0.6 is 11.8 Å². The molecule has 2 N–H and O–H groups in total. The monoisotopic (exact) mass is 253 g/mol. The molecule has 0 saturated carbocycles. The molecule has 1 aromatic heterocycles. The highest BCUT2D eigenvalue weighted by molar-refractivity contribution is 7.99. The van der Waals surface area contributed by atoms with Gasteiger partial charge in [0.2, 0.25) is 5.91 Å². The van der Waals surface area contributed by atoms with Crippen LogP contribution in [0.25, 0.3) is 0 Å². The molecule has 0 unspecified atom stereocenters. The predicted octanol–water partition coefficient (Wildman–Crippen LogP) is 1.42. The third-order valence-electron chi connectivity index (χ3n) is 2.21. The number of aromatic nitrogens is 1. The average Bonchev–Trinajstić information content (AvgIpc) is 2.37. The predicted molar refractivity (Wildman–Crippen MR) is 71.0 cm³/mol. The summed E-state index contributed by atoms with van der Waals surface area (Å²) in [4.78, 5) is 15.5. The minimum Gasteiger partial charge on any atom is -0.358 e. The summed E-state index contributed by atoms with van der Waals surface area (Å²) in [6.07, 6.45) is 2.87. The second-order valence-electron chi connectivity index (χ2n) is 3.61. The Labute approximate surface area is 107 Å². The highest BCUT2D eigenvalue weighted by Gasteiger charge is 2.06. The number of hydrogen-bond acceptors (Lipinski definition) is 4. The van der Waals surface area contributed by atoms with Crippen molar-refractivity contribution in [2.45, 2.75) is 24.9 Å². The minimum absolute atomic E-state index is 0.0214. The lowest BCUT2D eigenvalue weighted by molar-refractivity contribution is -0.118. The van der Waals surface area contributed by atoms with Crippen molar-refractivity contribution in [1.29, 1.82) is 0 Å². The smallest absolute Gasteiger partial charge is 0.230 e. The molecule has 1 aromatic rings. The summed E-state index contributed by atoms with van der Waals surface area (Å²) >= 11 is 1.47. The van der Waals surface area contributed by atoms with Crippen molar-refractivity contribution in [3.63, 3.8) is 0 Å². The van der Waals surface area contributed by atoms with E-state index in [9.17, 15) is 4.79 Å². The van der Waals surface area contributed by atoms with E-state index in [1.54, 1.807) is 13.2 Å². The summed E-state index contributed by atoms with van der Waals surface area (Å²) in [5.41, 5.74) is 1.15. The van der Waals surface area contributed by atoms with Crippen LogP contribution in [0.15, 0.2) is 23.4 Å². The number of pyridine rings is 1. The SMILES string of the molecule is CCCNCc1cccnc1SCC(=O)NC. The molecule has 4 nitrogen and oxygen atoms in total. The van der Waals surface area contributed by atoms with E-state index in [-0.39, 0.29) is 5.91 Å². The van der Waals surface area contributed by atoms with E-state index in [1.807, 2.05) is 12.1 Å². The van der Waals surface area contributed by atoms with Crippen LogP contribution < -0.4 is 10.6 Å². The van der Waals surface area contributed by atoms with Gasteiger partial charge in [-0.05, 0) is 24.6 Å². The molecule has 0 fully saturated rings. The van der Waals surface area contributed by atoms with E-state index in [4.69, 9.17) is 0 Å². The van der Waals surface area contributed by atoms with Crippen molar-refractivity contribution >= 4 is 17.7 Å². The summed E-state index contributed by atoms with van der Waals surface area (Å²) in [5, 5.41) is 6.87. The van der Waals surface area contributed by atoms with Crippen LogP contribution in [0, 0.1) is 0 Å². The Bertz CT molecular complexity index is 357. The molecule has 0 radical (unpaired) electrons. The first-order valence-electron chi connectivity index (χ1n) is 5.76. The van der Waals surface area contributed by atoms with Crippen LogP contribution in [0.3, 0.4) is 0 Å². The third kappa shape index (κ3) is 5.19. The molecule has 94 valence electrons. The summed E-state index contributed by atoms with van der Waals surface area (Å²) in [5.74, 6) is 0.432. The molecular formula is C12H19N3OS. The van der Waals surface area contributed by atoms with Gasteiger partial charge in [-0.3, -0.25) is 4.79 Å². The number of carbonyl (C=O) groups excluding carboxylic acids is 1. The van der Waals surface area contributed by atoms with E-state index in [0.29, 0.717) is 5.75 Å². The fraction of sp³-hybridized carbons (Fsp3) is 0.500. The normalized spacial score (nSPS) is 10.2. The van der Waals surface area contributed by atoms with Gasteiger partial charge in [-0.1, -0.05) is 24.8 Å². The molecule has 0 saturated heterocycles. The van der Waals surface area contributed by atoms with Gasteiger partial charge in [0.1, 0.15) is 5.03 Å². The molecule has 1 amide bonds. The standard InChI is InChI=1S/C12H19N3OS/c1-3-6-14-8-10-5-4-7-15-12(10)17-9-11(16)13-2/h4-5,7,14H,3,6,8-9H2,1-2H3,(H,13,16). The zero-order chi connectivity index (χ0) is 12.5. The van der Waals surface area contributed by atoms with Crippen LogP contribution in [-0.4, -0.2) is 30.2 Å². The van der Waals surface area contributed by atoms with Crippen molar-refractivity contribution < 1.29 is 4.79 Å². The average molecular weight is 253 g/mol. The third-order valence-corrected chi connectivity index (χ3v) is 3.26. The molecule has 0 aliphatic rings. The van der Waals surface area contributed by atoms with Crippen molar-refractivity contribution in [2.75, 3.05) is 19.3 Å². The number of rotatable bonds is 7. The van der Waals surface area contributed by atoms with Crippen LogP contribution in [0.1, 0.15) is 18.9 Å². The summed E-state index contributed by atoms with van der Waals surface area (Å²) in [6.45, 7) is 3.93. The number of thioether (sulfide) groups is 1. The van der Waals surface area contributed by atoms with E-state index in [1.165, 1.54) is 11.8 Å². The van der Waals surface area contributed by atoms with Crippen molar-refractivity contribution in [3.05, 3.63) is 23.9 Å². The molecule has 0 spiro atoms. The van der Waals surface area contributed by atoms with Crippen molar-refractivity contribution in [3.8, 4) is 0 Å². The van der Waals surface area contributed by atoms with Crippen molar-refractivity contribution in [1.82, 2.24) is 15.6 Å². The second kappa shape index (κ2) is 8.08. The van der Waals surface area contributed by atoms with Crippen LogP contribution in [0.4, 0.5) is 0 Å². The highest BCUT2D eigenvalue weighted by Crippen LogP contribution is 2.19. The summed E-state index contributed by atoms with van der Waals surface area (Å²) < 4.78 is 0. The highest BCUT2D eigenvalue weighted by atomic mass is 32.2. The molecule has 1 heterocycles. The largest absolute Gasteiger partial charge is 0.358 e.